The van der Waals surface area contributed by atoms with Gasteiger partial charge in [-0.1, -0.05) is 12.8 Å². The van der Waals surface area contributed by atoms with Gasteiger partial charge in [-0.2, -0.15) is 4.31 Å². The van der Waals surface area contributed by atoms with E-state index >= 15 is 0 Å². The Kier molecular flexibility index (Phi) is 4.96. The van der Waals surface area contributed by atoms with E-state index in [0.29, 0.717) is 39.3 Å². The molecule has 0 aromatic rings. The summed E-state index contributed by atoms with van der Waals surface area (Å²) in [5.41, 5.74) is 0. The van der Waals surface area contributed by atoms with Crippen LogP contribution in [0.1, 0.15) is 32.1 Å². The number of ether oxygens (including phenoxy) is 2. The first-order chi connectivity index (χ1) is 10.9. The average Bonchev–Trinajstić information content (AvgIpc) is 2.95. The molecule has 0 bridgehead atoms. The maximum absolute atomic E-state index is 12.7. The Morgan fingerprint density at radius 2 is 1.74 bits per heavy atom. The van der Waals surface area contributed by atoms with E-state index in [4.69, 9.17) is 9.47 Å². The predicted octanol–water partition coefficient (Wildman–Crippen LogP) is 0.414. The van der Waals surface area contributed by atoms with Crippen LogP contribution in [0.3, 0.4) is 0 Å². The van der Waals surface area contributed by atoms with Gasteiger partial charge in [0.05, 0.1) is 32.6 Å². The average molecular weight is 346 g/mol. The van der Waals surface area contributed by atoms with Crippen LogP contribution in [0, 0.1) is 5.92 Å². The molecule has 8 heteroatoms. The maximum Gasteiger partial charge on any atom is 0.225 e. The quantitative estimate of drug-likeness (QED) is 0.724. The van der Waals surface area contributed by atoms with E-state index < -0.39 is 15.8 Å². The normalized spacial score (nSPS) is 31.4. The molecule has 0 radical (unpaired) electrons. The molecule has 2 aliphatic heterocycles. The fraction of sp³-hybridized carbons (Fsp3) is 0.933. The molecule has 0 N–H and O–H groups in total. The molecule has 1 unspecified atom stereocenters. The highest BCUT2D eigenvalue weighted by atomic mass is 32.2. The Hall–Kier alpha value is -0.700. The lowest BCUT2D eigenvalue weighted by atomic mass is 10.1. The van der Waals surface area contributed by atoms with E-state index in [9.17, 15) is 13.2 Å². The summed E-state index contributed by atoms with van der Waals surface area (Å²) in [5.74, 6) is -0.739. The summed E-state index contributed by atoms with van der Waals surface area (Å²) in [6, 6.07) is 0. The van der Waals surface area contributed by atoms with Gasteiger partial charge in [0.25, 0.3) is 0 Å². The summed E-state index contributed by atoms with van der Waals surface area (Å²) in [7, 11) is -3.31. The highest BCUT2D eigenvalue weighted by molar-refractivity contribution is 7.88. The monoisotopic (exact) mass is 346 g/mol. The maximum atomic E-state index is 12.7. The van der Waals surface area contributed by atoms with Crippen LogP contribution in [0.2, 0.25) is 0 Å². The second-order valence-electron chi connectivity index (χ2n) is 6.80. The van der Waals surface area contributed by atoms with Crippen molar-refractivity contribution in [3.05, 3.63) is 0 Å². The Morgan fingerprint density at radius 3 is 2.43 bits per heavy atom. The lowest BCUT2D eigenvalue weighted by Crippen LogP contribution is -2.60. The van der Waals surface area contributed by atoms with Crippen molar-refractivity contribution in [1.82, 2.24) is 9.21 Å². The zero-order valence-electron chi connectivity index (χ0n) is 13.7. The number of amides is 1. The Morgan fingerprint density at radius 1 is 1.04 bits per heavy atom. The second-order valence-corrected chi connectivity index (χ2v) is 8.78. The first-order valence-corrected chi connectivity index (χ1v) is 10.3. The zero-order chi connectivity index (χ0) is 16.5. The number of carbonyl (C=O) groups excluding carboxylic acids is 1. The van der Waals surface area contributed by atoms with E-state index in [1.807, 2.05) is 4.90 Å². The van der Waals surface area contributed by atoms with E-state index in [2.05, 4.69) is 0 Å². The minimum absolute atomic E-state index is 0.113. The molecule has 1 spiro atoms. The van der Waals surface area contributed by atoms with Crippen LogP contribution in [0.5, 0.6) is 0 Å². The molecule has 1 saturated carbocycles. The smallest absolute Gasteiger partial charge is 0.225 e. The van der Waals surface area contributed by atoms with Gasteiger partial charge >= 0.3 is 0 Å². The van der Waals surface area contributed by atoms with Crippen molar-refractivity contribution in [2.75, 3.05) is 45.6 Å². The van der Waals surface area contributed by atoms with Crippen LogP contribution in [-0.2, 0) is 24.3 Å². The number of hydrogen-bond acceptors (Lipinski definition) is 5. The molecular formula is C15H26N2O5S. The van der Waals surface area contributed by atoms with Crippen LogP contribution >= 0.6 is 0 Å². The van der Waals surface area contributed by atoms with Crippen molar-refractivity contribution in [3.8, 4) is 0 Å². The van der Waals surface area contributed by atoms with Gasteiger partial charge in [0.15, 0.2) is 5.79 Å². The predicted molar refractivity (Wildman–Crippen MR) is 84.2 cm³/mol. The molecule has 1 aliphatic carbocycles. The lowest BCUT2D eigenvalue weighted by molar-refractivity contribution is -0.261. The number of carbonyl (C=O) groups is 1. The SMILES string of the molecule is CS(=O)(=O)N1CCCOC2(CN(C(=O)C3CCCC3)CCO2)C1. The van der Waals surface area contributed by atoms with E-state index in [1.54, 1.807) is 0 Å². The third kappa shape index (κ3) is 3.87. The minimum Gasteiger partial charge on any atom is -0.347 e. The van der Waals surface area contributed by atoms with Crippen molar-refractivity contribution < 1.29 is 22.7 Å². The summed E-state index contributed by atoms with van der Waals surface area (Å²) < 4.78 is 37.0. The lowest BCUT2D eigenvalue weighted by Gasteiger charge is -2.43. The summed E-state index contributed by atoms with van der Waals surface area (Å²) in [5, 5.41) is 0. The van der Waals surface area contributed by atoms with Crippen molar-refractivity contribution in [3.63, 3.8) is 0 Å². The van der Waals surface area contributed by atoms with Gasteiger partial charge in [0.1, 0.15) is 0 Å². The van der Waals surface area contributed by atoms with Gasteiger partial charge in [-0.3, -0.25) is 4.79 Å². The highest BCUT2D eigenvalue weighted by Crippen LogP contribution is 2.30. The Labute approximate surface area is 138 Å². The van der Waals surface area contributed by atoms with Gasteiger partial charge in [0, 0.05) is 19.0 Å². The van der Waals surface area contributed by atoms with E-state index in [0.717, 1.165) is 25.7 Å². The van der Waals surface area contributed by atoms with Crippen molar-refractivity contribution in [2.45, 2.75) is 37.9 Å². The van der Waals surface area contributed by atoms with E-state index in [-0.39, 0.29) is 18.4 Å². The molecule has 23 heavy (non-hydrogen) atoms. The molecule has 3 fully saturated rings. The summed E-state index contributed by atoms with van der Waals surface area (Å²) >= 11 is 0. The third-order valence-corrected chi connectivity index (χ3v) is 6.23. The second kappa shape index (κ2) is 6.66. The van der Waals surface area contributed by atoms with Crippen molar-refractivity contribution in [2.24, 2.45) is 5.92 Å². The zero-order valence-corrected chi connectivity index (χ0v) is 14.5. The Bertz CT molecular complexity index is 546. The molecule has 2 saturated heterocycles. The standard InChI is InChI=1S/C15H26N2O5S/c1-23(19,20)17-7-4-9-21-15(12-17)11-16(8-10-22-15)14(18)13-5-2-3-6-13/h13H,2-12H2,1H3. The van der Waals surface area contributed by atoms with Crippen LogP contribution in [0.25, 0.3) is 0 Å². The number of nitrogens with zero attached hydrogens (tertiary/aromatic N) is 2. The van der Waals surface area contributed by atoms with Gasteiger partial charge in [-0.25, -0.2) is 8.42 Å². The molecule has 1 atom stereocenters. The highest BCUT2D eigenvalue weighted by Gasteiger charge is 2.44. The molecule has 0 aromatic carbocycles. The summed E-state index contributed by atoms with van der Waals surface area (Å²) in [4.78, 5) is 14.5. The van der Waals surface area contributed by atoms with Gasteiger partial charge in [0.2, 0.25) is 15.9 Å². The largest absolute Gasteiger partial charge is 0.347 e. The van der Waals surface area contributed by atoms with E-state index in [1.165, 1.54) is 10.6 Å². The number of hydrogen-bond donors (Lipinski definition) is 0. The van der Waals surface area contributed by atoms with Gasteiger partial charge < -0.3 is 14.4 Å². The van der Waals surface area contributed by atoms with Crippen LogP contribution in [-0.4, -0.2) is 75.0 Å². The molecule has 2 heterocycles. The molecule has 1 amide bonds. The number of rotatable bonds is 2. The molecule has 7 nitrogen and oxygen atoms in total. The van der Waals surface area contributed by atoms with Crippen molar-refractivity contribution >= 4 is 15.9 Å². The fourth-order valence-electron chi connectivity index (χ4n) is 3.73. The summed E-state index contributed by atoms with van der Waals surface area (Å²) in [6.45, 7) is 2.28. The van der Waals surface area contributed by atoms with Gasteiger partial charge in [-0.05, 0) is 19.3 Å². The topological polar surface area (TPSA) is 76.2 Å². The molecule has 3 aliphatic rings. The van der Waals surface area contributed by atoms with Crippen molar-refractivity contribution in [1.29, 1.82) is 0 Å². The van der Waals surface area contributed by atoms with Crippen LogP contribution in [0.15, 0.2) is 0 Å². The first-order valence-electron chi connectivity index (χ1n) is 8.41. The third-order valence-electron chi connectivity index (χ3n) is 4.98. The molecule has 132 valence electrons. The number of morpholine rings is 1. The minimum atomic E-state index is -3.31. The molecular weight excluding hydrogens is 320 g/mol. The summed E-state index contributed by atoms with van der Waals surface area (Å²) in [6.07, 6.45) is 5.98. The first kappa shape index (κ1) is 17.1. The van der Waals surface area contributed by atoms with Crippen LogP contribution < -0.4 is 0 Å². The molecule has 3 rings (SSSR count). The van der Waals surface area contributed by atoms with Crippen LogP contribution in [0.4, 0.5) is 0 Å². The number of sulfonamides is 1. The Balaban J connectivity index is 1.73. The fourth-order valence-corrected chi connectivity index (χ4v) is 4.63. The molecule has 0 aromatic heterocycles. The van der Waals surface area contributed by atoms with Gasteiger partial charge in [-0.15, -0.1) is 0 Å².